The van der Waals surface area contributed by atoms with Crippen LogP contribution in [0, 0.1) is 5.92 Å². The lowest BCUT2D eigenvalue weighted by Gasteiger charge is -2.26. The van der Waals surface area contributed by atoms with Crippen molar-refractivity contribution in [3.63, 3.8) is 0 Å². The highest BCUT2D eigenvalue weighted by molar-refractivity contribution is 5.67. The van der Waals surface area contributed by atoms with Crippen molar-refractivity contribution in [3.05, 3.63) is 41.5 Å². The van der Waals surface area contributed by atoms with Crippen molar-refractivity contribution in [1.29, 1.82) is 0 Å². The summed E-state index contributed by atoms with van der Waals surface area (Å²) >= 11 is 0. The molecule has 0 spiro atoms. The van der Waals surface area contributed by atoms with Gasteiger partial charge in [-0.05, 0) is 48.3 Å². The van der Waals surface area contributed by atoms with Crippen LogP contribution in [0.3, 0.4) is 0 Å². The normalized spacial score (nSPS) is 18.5. The van der Waals surface area contributed by atoms with Gasteiger partial charge in [0.15, 0.2) is 0 Å². The summed E-state index contributed by atoms with van der Waals surface area (Å²) in [6.45, 7) is 7.93. The van der Waals surface area contributed by atoms with Crippen LogP contribution in [0.5, 0.6) is 0 Å². The Labute approximate surface area is 137 Å². The molecule has 0 saturated heterocycles. The summed E-state index contributed by atoms with van der Waals surface area (Å²) in [5.74, 6) is 0.766. The minimum absolute atomic E-state index is 0.646. The number of hydrogen-bond donors (Lipinski definition) is 1. The predicted octanol–water partition coefficient (Wildman–Crippen LogP) is 5.60. The van der Waals surface area contributed by atoms with Crippen LogP contribution >= 0.6 is 0 Å². The minimum atomic E-state index is 0.646. The molecule has 0 fully saturated rings. The lowest BCUT2D eigenvalue weighted by molar-refractivity contribution is 0.430. The van der Waals surface area contributed by atoms with Gasteiger partial charge in [-0.25, -0.2) is 0 Å². The van der Waals surface area contributed by atoms with E-state index in [1.165, 1.54) is 56.1 Å². The Hall–Kier alpha value is -1.08. The maximum atomic E-state index is 3.64. The van der Waals surface area contributed by atoms with Gasteiger partial charge < -0.3 is 5.32 Å². The van der Waals surface area contributed by atoms with Crippen molar-refractivity contribution in [2.75, 3.05) is 6.54 Å². The molecule has 1 aromatic rings. The number of unbranched alkanes of at least 4 members (excludes halogenated alkanes) is 3. The third-order valence-corrected chi connectivity index (χ3v) is 4.59. The predicted molar refractivity (Wildman–Crippen MR) is 98.1 cm³/mol. The quantitative estimate of drug-likeness (QED) is 0.616. The smallest absolute Gasteiger partial charge is 0.0143 e. The van der Waals surface area contributed by atoms with E-state index in [1.54, 1.807) is 5.57 Å². The van der Waals surface area contributed by atoms with Crippen LogP contribution in [0.4, 0.5) is 0 Å². The van der Waals surface area contributed by atoms with Crippen molar-refractivity contribution in [2.24, 2.45) is 5.92 Å². The van der Waals surface area contributed by atoms with E-state index < -0.39 is 0 Å². The standard InChI is InChI=1S/C21H33N/c1-4-5-6-7-9-18-10-8-11-19(15-18)20-12-13-22-21(16-20)14-17(2)3/h8,10-12,15,17,21-22H,4-7,9,13-14,16H2,1-3H3. The summed E-state index contributed by atoms with van der Waals surface area (Å²) in [6.07, 6.45) is 11.4. The monoisotopic (exact) mass is 299 g/mol. The molecule has 0 bridgehead atoms. The molecule has 122 valence electrons. The molecule has 1 heterocycles. The van der Waals surface area contributed by atoms with Crippen LogP contribution in [0.2, 0.25) is 0 Å². The molecule has 0 amide bonds. The van der Waals surface area contributed by atoms with Crippen LogP contribution in [0.25, 0.3) is 5.57 Å². The van der Waals surface area contributed by atoms with Crippen molar-refractivity contribution >= 4 is 5.57 Å². The molecule has 2 rings (SSSR count). The zero-order valence-corrected chi connectivity index (χ0v) is 14.7. The van der Waals surface area contributed by atoms with Crippen LogP contribution in [0.1, 0.15) is 70.4 Å². The van der Waals surface area contributed by atoms with Gasteiger partial charge in [0.2, 0.25) is 0 Å². The molecule has 1 aliphatic rings. The third-order valence-electron chi connectivity index (χ3n) is 4.59. The topological polar surface area (TPSA) is 12.0 Å². The molecule has 1 heteroatoms. The summed E-state index contributed by atoms with van der Waals surface area (Å²) in [6, 6.07) is 9.90. The minimum Gasteiger partial charge on any atom is -0.310 e. The molecule has 0 saturated carbocycles. The van der Waals surface area contributed by atoms with E-state index in [2.05, 4.69) is 56.4 Å². The highest BCUT2D eigenvalue weighted by Gasteiger charge is 2.17. The summed E-state index contributed by atoms with van der Waals surface area (Å²) in [4.78, 5) is 0. The van der Waals surface area contributed by atoms with Gasteiger partial charge in [-0.15, -0.1) is 0 Å². The molecule has 1 N–H and O–H groups in total. The molecule has 0 aromatic heterocycles. The molecule has 1 atom stereocenters. The van der Waals surface area contributed by atoms with E-state index in [0.717, 1.165) is 12.5 Å². The summed E-state index contributed by atoms with van der Waals surface area (Å²) < 4.78 is 0. The zero-order chi connectivity index (χ0) is 15.8. The van der Waals surface area contributed by atoms with E-state index >= 15 is 0 Å². The van der Waals surface area contributed by atoms with Gasteiger partial charge in [0.1, 0.15) is 0 Å². The fourth-order valence-corrected chi connectivity index (χ4v) is 3.42. The van der Waals surface area contributed by atoms with Gasteiger partial charge in [0.25, 0.3) is 0 Å². The number of nitrogens with one attached hydrogen (secondary N) is 1. The van der Waals surface area contributed by atoms with Crippen LogP contribution < -0.4 is 5.32 Å². The van der Waals surface area contributed by atoms with E-state index in [1.807, 2.05) is 0 Å². The lowest BCUT2D eigenvalue weighted by atomic mass is 9.90. The first-order chi connectivity index (χ1) is 10.7. The fraction of sp³-hybridized carbons (Fsp3) is 0.619. The Balaban J connectivity index is 1.95. The Bertz CT molecular complexity index is 473. The zero-order valence-electron chi connectivity index (χ0n) is 14.7. The fourth-order valence-electron chi connectivity index (χ4n) is 3.42. The molecule has 1 aliphatic heterocycles. The van der Waals surface area contributed by atoms with Gasteiger partial charge in [-0.2, -0.15) is 0 Å². The van der Waals surface area contributed by atoms with Gasteiger partial charge in [0.05, 0.1) is 0 Å². The number of benzene rings is 1. The largest absolute Gasteiger partial charge is 0.310 e. The highest BCUT2D eigenvalue weighted by atomic mass is 14.9. The SMILES string of the molecule is CCCCCCc1cccc(C2=CCNC(CC(C)C)C2)c1. The molecule has 1 nitrogen and oxygen atoms in total. The van der Waals surface area contributed by atoms with Crippen LogP contribution in [0.15, 0.2) is 30.3 Å². The van der Waals surface area contributed by atoms with Crippen molar-refractivity contribution in [1.82, 2.24) is 5.32 Å². The second-order valence-corrected chi connectivity index (χ2v) is 7.18. The number of hydrogen-bond acceptors (Lipinski definition) is 1. The van der Waals surface area contributed by atoms with Gasteiger partial charge in [0, 0.05) is 12.6 Å². The van der Waals surface area contributed by atoms with Crippen molar-refractivity contribution < 1.29 is 0 Å². The maximum absolute atomic E-state index is 3.64. The van der Waals surface area contributed by atoms with Crippen molar-refractivity contribution in [2.45, 2.75) is 71.8 Å². The Morgan fingerprint density at radius 1 is 1.18 bits per heavy atom. The highest BCUT2D eigenvalue weighted by Crippen LogP contribution is 2.26. The second-order valence-electron chi connectivity index (χ2n) is 7.18. The average Bonchev–Trinajstić information content (AvgIpc) is 2.52. The average molecular weight is 300 g/mol. The first kappa shape index (κ1) is 17.3. The third kappa shape index (κ3) is 5.61. The Kier molecular flexibility index (Phi) is 7.18. The Morgan fingerprint density at radius 2 is 2.05 bits per heavy atom. The number of aryl methyl sites for hydroxylation is 1. The summed E-state index contributed by atoms with van der Waals surface area (Å²) in [5, 5.41) is 3.64. The Morgan fingerprint density at radius 3 is 2.82 bits per heavy atom. The summed E-state index contributed by atoms with van der Waals surface area (Å²) in [5.41, 5.74) is 4.50. The van der Waals surface area contributed by atoms with E-state index in [4.69, 9.17) is 0 Å². The molecular weight excluding hydrogens is 266 g/mol. The molecule has 1 unspecified atom stereocenters. The second kappa shape index (κ2) is 9.15. The molecule has 0 aliphatic carbocycles. The van der Waals surface area contributed by atoms with Gasteiger partial charge >= 0.3 is 0 Å². The van der Waals surface area contributed by atoms with Gasteiger partial charge in [-0.3, -0.25) is 0 Å². The van der Waals surface area contributed by atoms with Crippen LogP contribution in [-0.2, 0) is 6.42 Å². The van der Waals surface area contributed by atoms with E-state index in [-0.39, 0.29) is 0 Å². The molecule has 0 radical (unpaired) electrons. The number of rotatable bonds is 8. The molecule has 1 aromatic carbocycles. The first-order valence-corrected chi connectivity index (χ1v) is 9.20. The maximum Gasteiger partial charge on any atom is 0.0143 e. The lowest BCUT2D eigenvalue weighted by Crippen LogP contribution is -2.33. The summed E-state index contributed by atoms with van der Waals surface area (Å²) in [7, 11) is 0. The van der Waals surface area contributed by atoms with E-state index in [9.17, 15) is 0 Å². The first-order valence-electron chi connectivity index (χ1n) is 9.20. The molecular formula is C21H33N. The van der Waals surface area contributed by atoms with Gasteiger partial charge in [-0.1, -0.05) is 70.4 Å². The van der Waals surface area contributed by atoms with E-state index in [0.29, 0.717) is 6.04 Å². The van der Waals surface area contributed by atoms with Crippen LogP contribution in [-0.4, -0.2) is 12.6 Å². The molecule has 22 heavy (non-hydrogen) atoms. The van der Waals surface area contributed by atoms with Crippen molar-refractivity contribution in [3.8, 4) is 0 Å².